The van der Waals surface area contributed by atoms with Crippen LogP contribution in [0.4, 0.5) is 0 Å². The van der Waals surface area contributed by atoms with Crippen molar-refractivity contribution in [1.29, 1.82) is 0 Å². The van der Waals surface area contributed by atoms with E-state index in [-0.39, 0.29) is 18.6 Å². The second-order valence-electron chi connectivity index (χ2n) is 12.3. The van der Waals surface area contributed by atoms with Crippen LogP contribution in [-0.2, 0) is 28.6 Å². The number of aliphatic hydroxyl groups is 3. The Morgan fingerprint density at radius 1 is 1.25 bits per heavy atom. The third-order valence-electron chi connectivity index (χ3n) is 11.2. The Morgan fingerprint density at radius 2 is 2.00 bits per heavy atom. The Labute approximate surface area is 206 Å². The van der Waals surface area contributed by atoms with Gasteiger partial charge in [0.15, 0.2) is 18.0 Å². The number of aliphatic hydroxyl groups excluding tert-OH is 1. The molecule has 36 heavy (non-hydrogen) atoms. The van der Waals surface area contributed by atoms with Crippen molar-refractivity contribution in [3.8, 4) is 0 Å². The molecule has 10 nitrogen and oxygen atoms in total. The van der Waals surface area contributed by atoms with E-state index < -0.39 is 81.6 Å². The summed E-state index contributed by atoms with van der Waals surface area (Å²) in [5, 5.41) is 36.2. The van der Waals surface area contributed by atoms with Crippen molar-refractivity contribution in [1.82, 2.24) is 0 Å². The summed E-state index contributed by atoms with van der Waals surface area (Å²) in [5.41, 5.74) is -7.09. The van der Waals surface area contributed by atoms with Gasteiger partial charge in [-0.15, -0.1) is 0 Å². The molecule has 1 aromatic heterocycles. The molecule has 194 valence electrons. The van der Waals surface area contributed by atoms with Crippen LogP contribution >= 0.6 is 0 Å². The largest absolute Gasteiger partial charge is 0.467 e. The van der Waals surface area contributed by atoms with E-state index in [2.05, 4.69) is 0 Å². The SMILES string of the molecule is COC(=O)[C@@H](O)[C@@H]1[C@@H]2[C@@H]3CC[C@@]4(C)[C@@H](c5ccco5)OC(=O)C[C@@]45O[C@H]4C(=O)[C@@]1(C)C[C@@]2(O)[C@H]4[C@@]35O. The number of ketones is 1. The van der Waals surface area contributed by atoms with E-state index in [4.69, 9.17) is 18.6 Å². The molecule has 10 heteroatoms. The molecular formula is C26H30O10. The summed E-state index contributed by atoms with van der Waals surface area (Å²) < 4.78 is 22.9. The molecule has 1 aromatic rings. The average molecular weight is 503 g/mol. The Kier molecular flexibility index (Phi) is 4.07. The zero-order valence-electron chi connectivity index (χ0n) is 20.3. The predicted molar refractivity (Wildman–Crippen MR) is 117 cm³/mol. The molecule has 7 rings (SSSR count). The predicted octanol–water partition coefficient (Wildman–Crippen LogP) is 0.672. The van der Waals surface area contributed by atoms with Gasteiger partial charge in [-0.1, -0.05) is 13.8 Å². The van der Waals surface area contributed by atoms with Crippen molar-refractivity contribution in [2.75, 3.05) is 7.11 Å². The van der Waals surface area contributed by atoms with Crippen LogP contribution in [0.2, 0.25) is 0 Å². The number of furan rings is 1. The fourth-order valence-corrected chi connectivity index (χ4v) is 10.0. The quantitative estimate of drug-likeness (QED) is 0.503. The van der Waals surface area contributed by atoms with Gasteiger partial charge < -0.3 is 33.9 Å². The van der Waals surface area contributed by atoms with Crippen LogP contribution in [0, 0.1) is 34.5 Å². The van der Waals surface area contributed by atoms with Gasteiger partial charge in [-0.2, -0.15) is 0 Å². The molecule has 2 aliphatic heterocycles. The third kappa shape index (κ3) is 2.06. The lowest BCUT2D eigenvalue weighted by Crippen LogP contribution is -2.72. The molecule has 1 spiro atoms. The normalized spacial score (nSPS) is 54.7. The van der Waals surface area contributed by atoms with Crippen molar-refractivity contribution >= 4 is 17.7 Å². The van der Waals surface area contributed by atoms with Crippen LogP contribution in [0.3, 0.4) is 0 Å². The molecule has 4 saturated carbocycles. The number of carbonyl (C=O) groups excluding carboxylic acids is 3. The summed E-state index contributed by atoms with van der Waals surface area (Å²) in [5.74, 6) is -4.78. The van der Waals surface area contributed by atoms with Gasteiger partial charge in [0.25, 0.3) is 0 Å². The molecule has 2 bridgehead atoms. The van der Waals surface area contributed by atoms with Gasteiger partial charge >= 0.3 is 11.9 Å². The van der Waals surface area contributed by atoms with E-state index in [1.54, 1.807) is 19.1 Å². The molecule has 6 aliphatic rings. The van der Waals surface area contributed by atoms with Gasteiger partial charge in [0, 0.05) is 22.7 Å². The van der Waals surface area contributed by atoms with Crippen molar-refractivity contribution in [3.63, 3.8) is 0 Å². The number of carbonyl (C=O) groups is 3. The second kappa shape index (κ2) is 6.40. The summed E-state index contributed by atoms with van der Waals surface area (Å²) in [4.78, 5) is 39.7. The lowest BCUT2D eigenvalue weighted by molar-refractivity contribution is -0.292. The molecule has 3 N–H and O–H groups in total. The molecule has 12 atom stereocenters. The van der Waals surface area contributed by atoms with Crippen LogP contribution in [0.15, 0.2) is 22.8 Å². The number of ether oxygens (including phenoxy) is 3. The molecule has 0 amide bonds. The fraction of sp³-hybridized carbons (Fsp3) is 0.731. The van der Waals surface area contributed by atoms with Gasteiger partial charge in [0.05, 0.1) is 31.3 Å². The van der Waals surface area contributed by atoms with E-state index in [1.807, 2.05) is 6.92 Å². The van der Waals surface area contributed by atoms with Gasteiger partial charge in [-0.25, -0.2) is 4.79 Å². The lowest BCUT2D eigenvalue weighted by Gasteiger charge is -2.62. The van der Waals surface area contributed by atoms with E-state index in [9.17, 15) is 29.7 Å². The Hall–Kier alpha value is -2.27. The molecular weight excluding hydrogens is 472 g/mol. The maximum atomic E-state index is 14.1. The number of methoxy groups -OCH3 is 1. The molecule has 6 fully saturated rings. The van der Waals surface area contributed by atoms with Crippen molar-refractivity contribution in [2.45, 2.75) is 74.6 Å². The number of fused-ring (bicyclic) bond motifs is 2. The highest BCUT2D eigenvalue weighted by Gasteiger charge is 2.92. The maximum Gasteiger partial charge on any atom is 0.335 e. The van der Waals surface area contributed by atoms with Gasteiger partial charge in [-0.3, -0.25) is 9.59 Å². The molecule has 0 unspecified atom stereocenters. The first kappa shape index (κ1) is 22.9. The summed E-state index contributed by atoms with van der Waals surface area (Å²) in [6.45, 7) is 3.54. The van der Waals surface area contributed by atoms with E-state index in [1.165, 1.54) is 6.26 Å². The van der Waals surface area contributed by atoms with Crippen LogP contribution in [0.1, 0.15) is 51.4 Å². The van der Waals surface area contributed by atoms with Gasteiger partial charge in [0.1, 0.15) is 23.1 Å². The van der Waals surface area contributed by atoms with Crippen LogP contribution in [0.25, 0.3) is 0 Å². The number of cyclic esters (lactones) is 1. The minimum absolute atomic E-state index is 0.00951. The Bertz CT molecular complexity index is 1200. The highest BCUT2D eigenvalue weighted by atomic mass is 16.6. The van der Waals surface area contributed by atoms with Gasteiger partial charge in [0.2, 0.25) is 0 Å². The average Bonchev–Trinajstić information content (AvgIpc) is 3.53. The minimum atomic E-state index is -1.76. The highest BCUT2D eigenvalue weighted by molar-refractivity contribution is 5.94. The first-order chi connectivity index (χ1) is 16.9. The maximum absolute atomic E-state index is 14.1. The van der Waals surface area contributed by atoms with E-state index >= 15 is 0 Å². The van der Waals surface area contributed by atoms with Crippen LogP contribution in [-0.4, -0.2) is 69.2 Å². The highest BCUT2D eigenvalue weighted by Crippen LogP contribution is 2.81. The summed E-state index contributed by atoms with van der Waals surface area (Å²) in [6, 6.07) is 3.40. The summed E-state index contributed by atoms with van der Waals surface area (Å²) in [6.07, 6.45) is -1.66. The molecule has 2 saturated heterocycles. The second-order valence-corrected chi connectivity index (χ2v) is 12.3. The van der Waals surface area contributed by atoms with Crippen molar-refractivity contribution in [3.05, 3.63) is 24.2 Å². The molecule has 0 radical (unpaired) electrons. The molecule has 4 aliphatic carbocycles. The van der Waals surface area contributed by atoms with Crippen LogP contribution in [0.5, 0.6) is 0 Å². The zero-order chi connectivity index (χ0) is 25.6. The Balaban J connectivity index is 1.46. The monoisotopic (exact) mass is 502 g/mol. The fourth-order valence-electron chi connectivity index (χ4n) is 10.0. The van der Waals surface area contributed by atoms with Crippen molar-refractivity contribution < 1.29 is 48.3 Å². The zero-order valence-corrected chi connectivity index (χ0v) is 20.3. The van der Waals surface area contributed by atoms with Gasteiger partial charge in [-0.05, 0) is 37.3 Å². The van der Waals surface area contributed by atoms with Crippen LogP contribution < -0.4 is 0 Å². The first-order valence-corrected chi connectivity index (χ1v) is 12.6. The van der Waals surface area contributed by atoms with Crippen molar-refractivity contribution in [2.24, 2.45) is 34.5 Å². The number of rotatable bonds is 3. The smallest absolute Gasteiger partial charge is 0.335 e. The molecule has 3 heterocycles. The van der Waals surface area contributed by atoms with E-state index in [0.29, 0.717) is 18.6 Å². The summed E-state index contributed by atoms with van der Waals surface area (Å²) in [7, 11) is 1.16. The van der Waals surface area contributed by atoms with E-state index in [0.717, 1.165) is 7.11 Å². The number of hydrogen-bond acceptors (Lipinski definition) is 10. The molecule has 0 aromatic carbocycles. The third-order valence-corrected chi connectivity index (χ3v) is 11.2. The lowest BCUT2D eigenvalue weighted by atomic mass is 9.47. The topological polar surface area (TPSA) is 153 Å². The number of hydrogen-bond donors (Lipinski definition) is 3. The Morgan fingerprint density at radius 3 is 2.67 bits per heavy atom. The first-order valence-electron chi connectivity index (χ1n) is 12.6. The minimum Gasteiger partial charge on any atom is -0.467 e. The standard InChI is InChI=1S/C26H30O10/c1-22-10-24(31)14(15(22)16(28)21(30)33-3)11-6-7-23(2)20(12-5-4-8-34-12)35-13(27)9-25(23)26(11,32)18(24)17(36-25)19(22)29/h4-5,8,11,14-18,20,28,31-32H,6-7,9-10H2,1-3H3/t11-,14-,15-,16-,17+,18-,20+,22-,23-,24-,25+,26-/m0/s1. The number of esters is 2. The summed E-state index contributed by atoms with van der Waals surface area (Å²) >= 11 is 0. The number of Topliss-reactive ketones (excluding diaryl/α,β-unsaturated/α-hetero) is 1.